The van der Waals surface area contributed by atoms with Gasteiger partial charge < -0.3 is 16.2 Å². The average molecular weight is 222 g/mol. The number of carbonyl (C=O) groups excluding carboxylic acids is 1. The first-order valence-corrected chi connectivity index (χ1v) is 5.29. The molecule has 0 aliphatic heterocycles. The Bertz CT molecular complexity index is 336. The molecule has 1 aromatic carbocycles. The van der Waals surface area contributed by atoms with E-state index in [0.29, 0.717) is 13.1 Å². The molecule has 1 amide bonds. The Labute approximate surface area is 95.5 Å². The van der Waals surface area contributed by atoms with Crippen LogP contribution in [0.15, 0.2) is 30.3 Å². The molecule has 88 valence electrons. The summed E-state index contributed by atoms with van der Waals surface area (Å²) in [5.41, 5.74) is 4.93. The standard InChI is InChI=1S/C12H18N2O2/c1-12(16,9-14-8-7-11(13)15)10-5-3-2-4-6-10/h2-6,14,16H,7-9H2,1H3,(H2,13,15). The first-order chi connectivity index (χ1) is 7.52. The summed E-state index contributed by atoms with van der Waals surface area (Å²) < 4.78 is 0. The molecular formula is C12H18N2O2. The van der Waals surface area contributed by atoms with Crippen LogP contribution < -0.4 is 11.1 Å². The molecule has 0 aliphatic carbocycles. The zero-order chi connectivity index (χ0) is 12.0. The van der Waals surface area contributed by atoms with Crippen molar-refractivity contribution in [2.45, 2.75) is 18.9 Å². The minimum Gasteiger partial charge on any atom is -0.384 e. The fourth-order valence-electron chi connectivity index (χ4n) is 1.44. The predicted molar refractivity (Wildman–Crippen MR) is 62.7 cm³/mol. The highest BCUT2D eigenvalue weighted by molar-refractivity contribution is 5.73. The molecule has 1 atom stereocenters. The van der Waals surface area contributed by atoms with Gasteiger partial charge in [-0.1, -0.05) is 30.3 Å². The summed E-state index contributed by atoms with van der Waals surface area (Å²) in [5.74, 6) is -0.341. The van der Waals surface area contributed by atoms with Gasteiger partial charge in [0, 0.05) is 19.5 Å². The number of rotatable bonds is 6. The Morgan fingerprint density at radius 2 is 2.06 bits per heavy atom. The molecule has 4 heteroatoms. The second-order valence-electron chi connectivity index (χ2n) is 4.03. The quantitative estimate of drug-likeness (QED) is 0.608. The van der Waals surface area contributed by atoms with Crippen molar-refractivity contribution >= 4 is 5.91 Å². The van der Waals surface area contributed by atoms with Gasteiger partial charge in [0.25, 0.3) is 0 Å². The summed E-state index contributed by atoms with van der Waals surface area (Å²) >= 11 is 0. The summed E-state index contributed by atoms with van der Waals surface area (Å²) in [6.07, 6.45) is 0.283. The van der Waals surface area contributed by atoms with Crippen molar-refractivity contribution in [2.75, 3.05) is 13.1 Å². The van der Waals surface area contributed by atoms with Gasteiger partial charge in [0.05, 0.1) is 5.60 Å². The zero-order valence-electron chi connectivity index (χ0n) is 9.44. The smallest absolute Gasteiger partial charge is 0.218 e. The van der Waals surface area contributed by atoms with Crippen molar-refractivity contribution < 1.29 is 9.90 Å². The van der Waals surface area contributed by atoms with Crippen molar-refractivity contribution in [3.05, 3.63) is 35.9 Å². The van der Waals surface area contributed by atoms with Crippen LogP contribution in [0.4, 0.5) is 0 Å². The monoisotopic (exact) mass is 222 g/mol. The lowest BCUT2D eigenvalue weighted by Gasteiger charge is -2.24. The average Bonchev–Trinajstić information content (AvgIpc) is 2.26. The van der Waals surface area contributed by atoms with Crippen molar-refractivity contribution in [1.82, 2.24) is 5.32 Å². The fourth-order valence-corrected chi connectivity index (χ4v) is 1.44. The molecule has 16 heavy (non-hydrogen) atoms. The molecule has 1 rings (SSSR count). The maximum atomic E-state index is 10.5. The van der Waals surface area contributed by atoms with Crippen LogP contribution in [0.1, 0.15) is 18.9 Å². The van der Waals surface area contributed by atoms with Crippen molar-refractivity contribution in [2.24, 2.45) is 5.73 Å². The Hall–Kier alpha value is -1.39. The number of amides is 1. The van der Waals surface area contributed by atoms with Crippen LogP contribution in [0.2, 0.25) is 0 Å². The van der Waals surface area contributed by atoms with Crippen molar-refractivity contribution in [3.8, 4) is 0 Å². The van der Waals surface area contributed by atoms with E-state index in [-0.39, 0.29) is 12.3 Å². The minimum atomic E-state index is -0.932. The molecule has 0 radical (unpaired) electrons. The normalized spacial score (nSPS) is 14.4. The lowest BCUT2D eigenvalue weighted by atomic mass is 9.96. The van der Waals surface area contributed by atoms with Crippen LogP contribution in [0, 0.1) is 0 Å². The Kier molecular flexibility index (Phi) is 4.46. The molecular weight excluding hydrogens is 204 g/mol. The number of benzene rings is 1. The second kappa shape index (κ2) is 5.63. The molecule has 0 bridgehead atoms. The van der Waals surface area contributed by atoms with Gasteiger partial charge in [0.1, 0.15) is 0 Å². The topological polar surface area (TPSA) is 75.3 Å². The Morgan fingerprint density at radius 3 is 2.62 bits per heavy atom. The van der Waals surface area contributed by atoms with E-state index in [2.05, 4.69) is 5.32 Å². The molecule has 4 N–H and O–H groups in total. The molecule has 0 aliphatic rings. The van der Waals surface area contributed by atoms with Gasteiger partial charge in [-0.15, -0.1) is 0 Å². The maximum absolute atomic E-state index is 10.5. The molecule has 0 aromatic heterocycles. The molecule has 1 aromatic rings. The van der Waals surface area contributed by atoms with E-state index in [1.165, 1.54) is 0 Å². The summed E-state index contributed by atoms with van der Waals surface area (Å²) in [4.78, 5) is 10.5. The Morgan fingerprint density at radius 1 is 1.44 bits per heavy atom. The van der Waals surface area contributed by atoms with Crippen LogP contribution in [0.3, 0.4) is 0 Å². The highest BCUT2D eigenvalue weighted by atomic mass is 16.3. The molecule has 0 spiro atoms. The number of nitrogens with two attached hydrogens (primary N) is 1. The van der Waals surface area contributed by atoms with Crippen LogP contribution >= 0.6 is 0 Å². The summed E-state index contributed by atoms with van der Waals surface area (Å²) in [6, 6.07) is 9.41. The van der Waals surface area contributed by atoms with Gasteiger partial charge in [0.2, 0.25) is 5.91 Å². The van der Waals surface area contributed by atoms with Crippen molar-refractivity contribution in [1.29, 1.82) is 0 Å². The molecule has 0 saturated heterocycles. The fraction of sp³-hybridized carbons (Fsp3) is 0.417. The third-order valence-corrected chi connectivity index (χ3v) is 2.41. The van der Waals surface area contributed by atoms with Crippen molar-refractivity contribution in [3.63, 3.8) is 0 Å². The lowest BCUT2D eigenvalue weighted by molar-refractivity contribution is -0.118. The van der Waals surface area contributed by atoms with Gasteiger partial charge in [0.15, 0.2) is 0 Å². The van der Waals surface area contributed by atoms with E-state index in [4.69, 9.17) is 5.73 Å². The van der Waals surface area contributed by atoms with Gasteiger partial charge >= 0.3 is 0 Å². The number of hydrogen-bond donors (Lipinski definition) is 3. The van der Waals surface area contributed by atoms with Crippen LogP contribution in [-0.2, 0) is 10.4 Å². The second-order valence-corrected chi connectivity index (χ2v) is 4.03. The van der Waals surface area contributed by atoms with Gasteiger partial charge in [-0.25, -0.2) is 0 Å². The number of primary amides is 1. The summed E-state index contributed by atoms with van der Waals surface area (Å²) in [7, 11) is 0. The number of hydrogen-bond acceptors (Lipinski definition) is 3. The Balaban J connectivity index is 2.43. The van der Waals surface area contributed by atoms with E-state index in [0.717, 1.165) is 5.56 Å². The lowest BCUT2D eigenvalue weighted by Crippen LogP contribution is -2.36. The number of carbonyl (C=O) groups is 1. The first-order valence-electron chi connectivity index (χ1n) is 5.29. The summed E-state index contributed by atoms with van der Waals surface area (Å²) in [5, 5.41) is 13.2. The van der Waals surface area contributed by atoms with E-state index in [1.807, 2.05) is 30.3 Å². The number of aliphatic hydroxyl groups is 1. The largest absolute Gasteiger partial charge is 0.384 e. The van der Waals surface area contributed by atoms with Crippen LogP contribution in [-0.4, -0.2) is 24.1 Å². The highest BCUT2D eigenvalue weighted by Crippen LogP contribution is 2.18. The maximum Gasteiger partial charge on any atom is 0.218 e. The molecule has 4 nitrogen and oxygen atoms in total. The molecule has 0 fully saturated rings. The molecule has 0 heterocycles. The van der Waals surface area contributed by atoms with Gasteiger partial charge in [-0.3, -0.25) is 4.79 Å². The minimum absolute atomic E-state index is 0.283. The van der Waals surface area contributed by atoms with E-state index >= 15 is 0 Å². The van der Waals surface area contributed by atoms with Crippen LogP contribution in [0.25, 0.3) is 0 Å². The third-order valence-electron chi connectivity index (χ3n) is 2.41. The van der Waals surface area contributed by atoms with E-state index < -0.39 is 5.60 Å². The first kappa shape index (κ1) is 12.7. The summed E-state index contributed by atoms with van der Waals surface area (Å²) in [6.45, 7) is 2.61. The molecule has 0 saturated carbocycles. The number of nitrogens with one attached hydrogen (secondary N) is 1. The SMILES string of the molecule is CC(O)(CNCCC(N)=O)c1ccccc1. The third kappa shape index (κ3) is 4.00. The molecule has 1 unspecified atom stereocenters. The van der Waals surface area contributed by atoms with E-state index in [9.17, 15) is 9.90 Å². The highest BCUT2D eigenvalue weighted by Gasteiger charge is 2.21. The van der Waals surface area contributed by atoms with E-state index in [1.54, 1.807) is 6.92 Å². The predicted octanol–water partition coefficient (Wildman–Crippen LogP) is 0.359. The van der Waals surface area contributed by atoms with Gasteiger partial charge in [-0.2, -0.15) is 0 Å². The van der Waals surface area contributed by atoms with Crippen LogP contribution in [0.5, 0.6) is 0 Å². The van der Waals surface area contributed by atoms with Gasteiger partial charge in [-0.05, 0) is 12.5 Å². The zero-order valence-corrected chi connectivity index (χ0v) is 9.44.